The molecule has 8 rings (SSSR count). The van der Waals surface area contributed by atoms with Gasteiger partial charge >= 0.3 is 0 Å². The molecular formula is C45H33N3. The van der Waals surface area contributed by atoms with E-state index in [0.29, 0.717) is 17.5 Å². The average Bonchev–Trinajstić information content (AvgIpc) is 3.43. The van der Waals surface area contributed by atoms with Gasteiger partial charge < -0.3 is 0 Å². The molecule has 1 aliphatic rings. The largest absolute Gasteiger partial charge is 0.208 e. The van der Waals surface area contributed by atoms with E-state index in [9.17, 15) is 0 Å². The zero-order chi connectivity index (χ0) is 32.5. The summed E-state index contributed by atoms with van der Waals surface area (Å²) in [6.07, 6.45) is 2.01. The van der Waals surface area contributed by atoms with Crippen molar-refractivity contribution in [2.75, 3.05) is 0 Å². The highest BCUT2D eigenvalue weighted by Gasteiger charge is 2.45. The first-order valence-corrected chi connectivity index (χ1v) is 16.2. The summed E-state index contributed by atoms with van der Waals surface area (Å²) in [5, 5.41) is 0. The summed E-state index contributed by atoms with van der Waals surface area (Å²) < 4.78 is 0. The summed E-state index contributed by atoms with van der Waals surface area (Å²) in [5.41, 5.74) is 12.2. The van der Waals surface area contributed by atoms with Gasteiger partial charge in [0.25, 0.3) is 0 Å². The fourth-order valence-electron chi connectivity index (χ4n) is 7.20. The molecule has 1 aliphatic carbocycles. The number of rotatable bonds is 7. The van der Waals surface area contributed by atoms with Crippen molar-refractivity contribution in [1.82, 2.24) is 15.0 Å². The van der Waals surface area contributed by atoms with E-state index in [2.05, 4.69) is 117 Å². The Morgan fingerprint density at radius 1 is 0.458 bits per heavy atom. The molecule has 0 saturated carbocycles. The van der Waals surface area contributed by atoms with Crippen molar-refractivity contribution in [2.24, 2.45) is 0 Å². The maximum atomic E-state index is 4.95. The van der Waals surface area contributed by atoms with Gasteiger partial charge in [-0.2, -0.15) is 0 Å². The summed E-state index contributed by atoms with van der Waals surface area (Å²) in [4.78, 5) is 14.8. The van der Waals surface area contributed by atoms with E-state index in [1.54, 1.807) is 0 Å². The zero-order valence-corrected chi connectivity index (χ0v) is 26.7. The molecule has 1 unspecified atom stereocenters. The van der Waals surface area contributed by atoms with Crippen LogP contribution in [-0.4, -0.2) is 15.0 Å². The lowest BCUT2D eigenvalue weighted by Gasteiger charge is -2.34. The number of allylic oxidation sites excluding steroid dienone is 3. The van der Waals surface area contributed by atoms with Crippen molar-refractivity contribution >= 4 is 5.57 Å². The smallest absolute Gasteiger partial charge is 0.164 e. The molecule has 0 N–H and O–H groups in total. The molecule has 1 atom stereocenters. The molecule has 3 heteroatoms. The number of hydrogen-bond acceptors (Lipinski definition) is 3. The van der Waals surface area contributed by atoms with Crippen LogP contribution in [0.1, 0.15) is 29.2 Å². The normalized spacial score (nSPS) is 15.3. The number of nitrogens with zero attached hydrogens (tertiary/aromatic N) is 3. The summed E-state index contributed by atoms with van der Waals surface area (Å²) in [5.74, 6) is 1.95. The van der Waals surface area contributed by atoms with E-state index < -0.39 is 5.41 Å². The summed E-state index contributed by atoms with van der Waals surface area (Å²) in [6.45, 7) is 6.46. The molecule has 6 aromatic carbocycles. The minimum Gasteiger partial charge on any atom is -0.208 e. The molecule has 1 heterocycles. The molecule has 228 valence electrons. The lowest BCUT2D eigenvalue weighted by molar-refractivity contribution is 0.743. The van der Waals surface area contributed by atoms with E-state index in [4.69, 9.17) is 15.0 Å². The third-order valence-corrected chi connectivity index (χ3v) is 9.47. The van der Waals surface area contributed by atoms with Crippen LogP contribution in [0.2, 0.25) is 0 Å². The van der Waals surface area contributed by atoms with Crippen molar-refractivity contribution < 1.29 is 0 Å². The highest BCUT2D eigenvalue weighted by molar-refractivity contribution is 5.89. The monoisotopic (exact) mass is 615 g/mol. The Labute approximate surface area is 281 Å². The van der Waals surface area contributed by atoms with Crippen LogP contribution in [0.4, 0.5) is 0 Å². The second-order valence-electron chi connectivity index (χ2n) is 12.1. The molecule has 48 heavy (non-hydrogen) atoms. The molecule has 7 aromatic rings. The van der Waals surface area contributed by atoms with Gasteiger partial charge in [-0.1, -0.05) is 170 Å². The molecule has 0 amide bonds. The topological polar surface area (TPSA) is 38.7 Å². The highest BCUT2D eigenvalue weighted by Crippen LogP contribution is 2.54. The van der Waals surface area contributed by atoms with E-state index in [0.717, 1.165) is 27.8 Å². The van der Waals surface area contributed by atoms with Crippen molar-refractivity contribution in [3.05, 3.63) is 204 Å². The average molecular weight is 616 g/mol. The van der Waals surface area contributed by atoms with Crippen molar-refractivity contribution in [3.8, 4) is 45.3 Å². The molecule has 0 spiro atoms. The van der Waals surface area contributed by atoms with Gasteiger partial charge in [0.05, 0.1) is 5.41 Å². The standard InChI is InChI=1S/C45H33N3/c1-3-39-31(2)45(37-22-11-6-12-23-37,41-25-14-13-24-40(39)41)38-28-26-32(27-29-38)35-20-15-21-36(30-35)44-47-42(33-16-7-4-8-17-33)46-43(48-44)34-18-9-5-10-19-34/h3-30H,1H2,2H3. The summed E-state index contributed by atoms with van der Waals surface area (Å²) >= 11 is 0. The van der Waals surface area contributed by atoms with E-state index >= 15 is 0 Å². The molecule has 0 saturated heterocycles. The Bertz CT molecular complexity index is 2230. The molecule has 1 aromatic heterocycles. The molecular weight excluding hydrogens is 583 g/mol. The van der Waals surface area contributed by atoms with Crippen molar-refractivity contribution in [3.63, 3.8) is 0 Å². The number of aromatic nitrogens is 3. The lowest BCUT2D eigenvalue weighted by Crippen LogP contribution is -2.28. The number of fused-ring (bicyclic) bond motifs is 1. The lowest BCUT2D eigenvalue weighted by atomic mass is 9.67. The van der Waals surface area contributed by atoms with E-state index in [1.807, 2.05) is 66.7 Å². The van der Waals surface area contributed by atoms with Crippen LogP contribution in [0, 0.1) is 0 Å². The third-order valence-electron chi connectivity index (χ3n) is 9.47. The predicted molar refractivity (Wildman–Crippen MR) is 197 cm³/mol. The Kier molecular flexibility index (Phi) is 7.43. The van der Waals surface area contributed by atoms with Crippen LogP contribution in [0.5, 0.6) is 0 Å². The first kappa shape index (κ1) is 29.2. The van der Waals surface area contributed by atoms with Crippen molar-refractivity contribution in [2.45, 2.75) is 12.3 Å². The second-order valence-corrected chi connectivity index (χ2v) is 12.1. The predicted octanol–water partition coefficient (Wildman–Crippen LogP) is 10.8. The van der Waals surface area contributed by atoms with Crippen LogP contribution >= 0.6 is 0 Å². The maximum absolute atomic E-state index is 4.95. The molecule has 0 radical (unpaired) electrons. The van der Waals surface area contributed by atoms with Gasteiger partial charge in [0.15, 0.2) is 17.5 Å². The van der Waals surface area contributed by atoms with Crippen molar-refractivity contribution in [1.29, 1.82) is 0 Å². The van der Waals surface area contributed by atoms with Gasteiger partial charge in [0.2, 0.25) is 0 Å². The Hall–Kier alpha value is -6.19. The van der Waals surface area contributed by atoms with Crippen LogP contribution in [0.25, 0.3) is 50.9 Å². The minimum atomic E-state index is -0.408. The Morgan fingerprint density at radius 3 is 1.54 bits per heavy atom. The van der Waals surface area contributed by atoms with Gasteiger partial charge in [0.1, 0.15) is 0 Å². The second kappa shape index (κ2) is 12.2. The number of benzene rings is 6. The zero-order valence-electron chi connectivity index (χ0n) is 26.7. The van der Waals surface area contributed by atoms with Crippen LogP contribution in [-0.2, 0) is 5.41 Å². The summed E-state index contributed by atoms with van der Waals surface area (Å²) in [7, 11) is 0. The molecule has 0 bridgehead atoms. The SMILES string of the molecule is C=CC1=C(C)C(c2ccccc2)(c2ccc(-c3cccc(-c4nc(-c5ccccc5)nc(-c5ccccc5)n4)c3)cc2)c2ccccc21. The van der Waals surface area contributed by atoms with Gasteiger partial charge in [-0.3, -0.25) is 0 Å². The van der Waals surface area contributed by atoms with Gasteiger partial charge in [-0.15, -0.1) is 0 Å². The third kappa shape index (κ3) is 4.88. The fraction of sp³-hybridized carbons (Fsp3) is 0.0444. The molecule has 0 fully saturated rings. The Morgan fingerprint density at radius 2 is 0.938 bits per heavy atom. The van der Waals surface area contributed by atoms with E-state index in [-0.39, 0.29) is 0 Å². The van der Waals surface area contributed by atoms with E-state index in [1.165, 1.54) is 33.4 Å². The first-order valence-electron chi connectivity index (χ1n) is 16.2. The maximum Gasteiger partial charge on any atom is 0.164 e. The Balaban J connectivity index is 1.22. The molecule has 3 nitrogen and oxygen atoms in total. The van der Waals surface area contributed by atoms with Crippen LogP contribution in [0.15, 0.2) is 182 Å². The first-order chi connectivity index (χ1) is 23.7. The quantitative estimate of drug-likeness (QED) is 0.179. The summed E-state index contributed by atoms with van der Waals surface area (Å²) in [6, 6.07) is 57.2. The van der Waals surface area contributed by atoms with Gasteiger partial charge in [0, 0.05) is 16.7 Å². The minimum absolute atomic E-state index is 0.408. The number of hydrogen-bond donors (Lipinski definition) is 0. The fourth-order valence-corrected chi connectivity index (χ4v) is 7.20. The van der Waals surface area contributed by atoms with Crippen LogP contribution < -0.4 is 0 Å². The van der Waals surface area contributed by atoms with Gasteiger partial charge in [-0.05, 0) is 57.5 Å². The van der Waals surface area contributed by atoms with Gasteiger partial charge in [-0.25, -0.2) is 15.0 Å². The highest BCUT2D eigenvalue weighted by atomic mass is 15.0. The van der Waals surface area contributed by atoms with Crippen LogP contribution in [0.3, 0.4) is 0 Å². The molecule has 0 aliphatic heterocycles.